The summed E-state index contributed by atoms with van der Waals surface area (Å²) in [7, 11) is 0. The van der Waals surface area contributed by atoms with Gasteiger partial charge in [-0.25, -0.2) is 14.2 Å². The molecule has 0 saturated heterocycles. The van der Waals surface area contributed by atoms with Gasteiger partial charge < -0.3 is 20.7 Å². The molecule has 14 heteroatoms. The fourth-order valence-corrected chi connectivity index (χ4v) is 4.22. The average Bonchev–Trinajstić information content (AvgIpc) is 2.89. The molecule has 2 amide bonds. The highest BCUT2D eigenvalue weighted by atomic mass is 35.5. The number of hydrogen-bond acceptors (Lipinski definition) is 6. The standard InChI is InChI=1S/C28H30Cl2F3N5O4/c1-27(2,3)42-26(40)34-10-9-17-7-8-19(29)12-18(17)14-35-23(39)13-20-21(30)15-36-25(24(20)31)37-16-28(32,33)22-6-4-5-11-38(22)41/h4-8,11-12,15H,9-10,13-14,16H2,1-3H3,(H3-,34,35,36,37,39,40,41)/p+1. The lowest BCUT2D eigenvalue weighted by Crippen LogP contribution is -2.43. The first-order chi connectivity index (χ1) is 19.7. The van der Waals surface area contributed by atoms with Crippen LogP contribution in [0.3, 0.4) is 0 Å². The zero-order valence-corrected chi connectivity index (χ0v) is 24.6. The number of carbonyl (C=O) groups is 2. The third-order valence-electron chi connectivity index (χ3n) is 5.80. The fourth-order valence-electron chi connectivity index (χ4n) is 3.83. The number of halogens is 5. The number of nitrogens with zero attached hydrogens (tertiary/aromatic N) is 2. The van der Waals surface area contributed by atoms with Gasteiger partial charge in [-0.05, 0) is 56.5 Å². The number of rotatable bonds is 11. The van der Waals surface area contributed by atoms with Crippen LogP contribution in [0.4, 0.5) is 23.8 Å². The van der Waals surface area contributed by atoms with Crippen molar-refractivity contribution in [2.75, 3.05) is 18.4 Å². The van der Waals surface area contributed by atoms with Crippen LogP contribution in [0.15, 0.2) is 48.8 Å². The number of alkyl carbamates (subject to hydrolysis) is 1. The van der Waals surface area contributed by atoms with Gasteiger partial charge >= 0.3 is 17.7 Å². The maximum atomic E-state index is 15.2. The van der Waals surface area contributed by atoms with Crippen molar-refractivity contribution in [2.24, 2.45) is 0 Å². The highest BCUT2D eigenvalue weighted by molar-refractivity contribution is 6.31. The van der Waals surface area contributed by atoms with Gasteiger partial charge in [0.1, 0.15) is 5.60 Å². The van der Waals surface area contributed by atoms with E-state index in [4.69, 9.17) is 27.9 Å². The fraction of sp³-hybridized carbons (Fsp3) is 0.357. The zero-order chi connectivity index (χ0) is 31.1. The normalized spacial score (nSPS) is 11.6. The number of alkyl halides is 2. The Morgan fingerprint density at radius 2 is 1.83 bits per heavy atom. The average molecular weight is 629 g/mol. The Balaban J connectivity index is 1.63. The molecule has 2 heterocycles. The Hall–Kier alpha value is -3.77. The predicted molar refractivity (Wildman–Crippen MR) is 150 cm³/mol. The number of aromatic nitrogens is 2. The molecule has 0 spiro atoms. The number of pyridine rings is 2. The van der Waals surface area contributed by atoms with Crippen molar-refractivity contribution in [3.63, 3.8) is 0 Å². The van der Waals surface area contributed by atoms with Crippen molar-refractivity contribution in [3.05, 3.63) is 87.0 Å². The van der Waals surface area contributed by atoms with Gasteiger partial charge in [0, 0.05) is 46.7 Å². The number of carbonyl (C=O) groups excluding carboxylic acids is 2. The molecule has 0 radical (unpaired) electrons. The summed E-state index contributed by atoms with van der Waals surface area (Å²) < 4.78 is 49.9. The van der Waals surface area contributed by atoms with E-state index in [0.29, 0.717) is 17.0 Å². The Morgan fingerprint density at radius 3 is 2.52 bits per heavy atom. The maximum absolute atomic E-state index is 15.2. The third-order valence-corrected chi connectivity index (χ3v) is 6.37. The predicted octanol–water partition coefficient (Wildman–Crippen LogP) is 5.18. The minimum atomic E-state index is -3.58. The molecule has 0 aliphatic carbocycles. The number of ether oxygens (including phenoxy) is 1. The van der Waals surface area contributed by atoms with Crippen LogP contribution >= 0.6 is 23.2 Å². The van der Waals surface area contributed by atoms with E-state index in [9.17, 15) is 23.6 Å². The zero-order valence-electron chi connectivity index (χ0n) is 23.1. The Labute approximate surface area is 251 Å². The van der Waals surface area contributed by atoms with E-state index < -0.39 is 53.8 Å². The molecule has 2 aromatic heterocycles. The highest BCUT2D eigenvalue weighted by Crippen LogP contribution is 2.28. The second-order valence-electron chi connectivity index (χ2n) is 10.3. The summed E-state index contributed by atoms with van der Waals surface area (Å²) in [5.41, 5.74) is -0.106. The van der Waals surface area contributed by atoms with Gasteiger partial charge in [0.2, 0.25) is 12.1 Å². The molecule has 0 unspecified atom stereocenters. The topological polar surface area (TPSA) is 116 Å². The van der Waals surface area contributed by atoms with Crippen LogP contribution in [0.1, 0.15) is 43.2 Å². The van der Waals surface area contributed by atoms with E-state index in [1.165, 1.54) is 12.1 Å². The molecule has 0 fully saturated rings. The first kappa shape index (κ1) is 32.7. The summed E-state index contributed by atoms with van der Waals surface area (Å²) in [5.74, 6) is -5.77. The van der Waals surface area contributed by atoms with Crippen LogP contribution < -0.4 is 20.7 Å². The minimum absolute atomic E-state index is 0.0427. The van der Waals surface area contributed by atoms with Gasteiger partial charge in [0.25, 0.3) is 0 Å². The lowest BCUT2D eigenvalue weighted by molar-refractivity contribution is -0.913. The van der Waals surface area contributed by atoms with Crippen LogP contribution in [0.2, 0.25) is 10.0 Å². The Bertz CT molecular complexity index is 1440. The monoisotopic (exact) mass is 628 g/mol. The Kier molecular flexibility index (Phi) is 10.9. The van der Waals surface area contributed by atoms with E-state index in [1.807, 2.05) is 0 Å². The van der Waals surface area contributed by atoms with Gasteiger partial charge in [-0.2, -0.15) is 8.78 Å². The number of hydrogen-bond donors (Lipinski definition) is 4. The second kappa shape index (κ2) is 13.9. The summed E-state index contributed by atoms with van der Waals surface area (Å²) in [6.45, 7) is 4.49. The summed E-state index contributed by atoms with van der Waals surface area (Å²) in [5, 5.41) is 17.5. The smallest absolute Gasteiger partial charge is 0.407 e. The Morgan fingerprint density at radius 1 is 1.10 bits per heavy atom. The molecule has 42 heavy (non-hydrogen) atoms. The molecule has 3 aromatic rings. The molecular formula is C28H31Cl2F3N5O4+. The number of anilines is 1. The molecule has 0 saturated carbocycles. The molecule has 0 aliphatic rings. The van der Waals surface area contributed by atoms with Crippen LogP contribution in [0, 0.1) is 5.82 Å². The third kappa shape index (κ3) is 9.38. The van der Waals surface area contributed by atoms with Crippen LogP contribution in [0.5, 0.6) is 0 Å². The van der Waals surface area contributed by atoms with Crippen molar-refractivity contribution >= 4 is 41.0 Å². The van der Waals surface area contributed by atoms with Crippen molar-refractivity contribution in [1.29, 1.82) is 0 Å². The largest absolute Gasteiger partial charge is 0.444 e. The number of amides is 2. The summed E-state index contributed by atoms with van der Waals surface area (Å²) in [4.78, 5) is 28.4. The molecule has 0 atom stereocenters. The minimum Gasteiger partial charge on any atom is -0.444 e. The first-order valence-corrected chi connectivity index (χ1v) is 13.6. The second-order valence-corrected chi connectivity index (χ2v) is 11.1. The molecule has 226 valence electrons. The van der Waals surface area contributed by atoms with Crippen LogP contribution in [0.25, 0.3) is 0 Å². The van der Waals surface area contributed by atoms with E-state index >= 15 is 4.39 Å². The lowest BCUT2D eigenvalue weighted by atomic mass is 10.0. The summed E-state index contributed by atoms with van der Waals surface area (Å²) in [6.07, 6.45) is 1.45. The lowest BCUT2D eigenvalue weighted by Gasteiger charge is -2.20. The van der Waals surface area contributed by atoms with Crippen molar-refractivity contribution < 1.29 is 37.4 Å². The van der Waals surface area contributed by atoms with Gasteiger partial charge in [-0.15, -0.1) is 0 Å². The van der Waals surface area contributed by atoms with Crippen molar-refractivity contribution in [3.8, 4) is 0 Å². The van der Waals surface area contributed by atoms with Gasteiger partial charge in [-0.1, -0.05) is 29.3 Å². The molecule has 4 N–H and O–H groups in total. The number of nitrogens with one attached hydrogen (secondary N) is 3. The van der Waals surface area contributed by atoms with E-state index in [1.54, 1.807) is 39.0 Å². The van der Waals surface area contributed by atoms with Crippen LogP contribution in [-0.2, 0) is 34.8 Å². The first-order valence-electron chi connectivity index (χ1n) is 12.8. The molecular weight excluding hydrogens is 598 g/mol. The van der Waals surface area contributed by atoms with E-state index in [-0.39, 0.29) is 28.4 Å². The molecule has 0 bridgehead atoms. The van der Waals surface area contributed by atoms with E-state index in [2.05, 4.69) is 20.9 Å². The summed E-state index contributed by atoms with van der Waals surface area (Å²) >= 11 is 12.2. The molecule has 9 nitrogen and oxygen atoms in total. The molecule has 0 aliphatic heterocycles. The van der Waals surface area contributed by atoms with E-state index in [0.717, 1.165) is 24.0 Å². The molecule has 1 aromatic carbocycles. The van der Waals surface area contributed by atoms with Gasteiger partial charge in [0.15, 0.2) is 11.6 Å². The highest BCUT2D eigenvalue weighted by Gasteiger charge is 2.41. The van der Waals surface area contributed by atoms with Crippen LogP contribution in [-0.4, -0.2) is 40.9 Å². The van der Waals surface area contributed by atoms with Gasteiger partial charge in [0.05, 0.1) is 18.0 Å². The quantitative estimate of drug-likeness (QED) is 0.172. The van der Waals surface area contributed by atoms with Crippen molar-refractivity contribution in [1.82, 2.24) is 15.6 Å². The number of benzene rings is 1. The molecule has 3 rings (SSSR count). The van der Waals surface area contributed by atoms with Gasteiger partial charge in [-0.3, -0.25) is 10.0 Å². The maximum Gasteiger partial charge on any atom is 0.407 e. The van der Waals surface area contributed by atoms with Crippen molar-refractivity contribution in [2.45, 2.75) is 51.7 Å². The summed E-state index contributed by atoms with van der Waals surface area (Å²) in [6, 6.07) is 8.81. The SMILES string of the molecule is CC(C)(C)OC(=O)NCCc1ccc(Cl)cc1CNC(=O)Cc1c(Cl)cnc(NCC(F)(F)c2cccc[n+]2O)c1F.